The van der Waals surface area contributed by atoms with Crippen LogP contribution in [0.5, 0.6) is 0 Å². The van der Waals surface area contributed by atoms with Gasteiger partial charge in [0.2, 0.25) is 5.79 Å². The summed E-state index contributed by atoms with van der Waals surface area (Å²) < 4.78 is 21.3. The van der Waals surface area contributed by atoms with Gasteiger partial charge in [-0.05, 0) is 6.92 Å². The van der Waals surface area contributed by atoms with Gasteiger partial charge in [-0.25, -0.2) is 0 Å². The summed E-state index contributed by atoms with van der Waals surface area (Å²) in [6, 6.07) is 0. The third kappa shape index (κ3) is 1.19. The molecular formula is C11H16O5. The highest BCUT2D eigenvalue weighted by Crippen LogP contribution is 2.51. The molecule has 0 aromatic heterocycles. The molecule has 0 N–H and O–H groups in total. The molecule has 1 fully saturated rings. The van der Waals surface area contributed by atoms with Gasteiger partial charge in [-0.2, -0.15) is 0 Å². The van der Waals surface area contributed by atoms with E-state index < -0.39 is 23.3 Å². The van der Waals surface area contributed by atoms with Crippen LogP contribution in [0.15, 0.2) is 12.2 Å². The van der Waals surface area contributed by atoms with E-state index in [-0.39, 0.29) is 6.10 Å². The normalized spacial score (nSPS) is 39.0. The van der Waals surface area contributed by atoms with Crippen molar-refractivity contribution in [3.63, 3.8) is 0 Å². The van der Waals surface area contributed by atoms with E-state index in [0.29, 0.717) is 0 Å². The average molecular weight is 228 g/mol. The standard InChI is InChI=1S/C11H16O5/c1-10-6-5-7(16-10)11(14-3,15-4)8(10)9(12)13-2/h5-8H,1-4H3/t7-,8-,10+/m1/s1. The van der Waals surface area contributed by atoms with Gasteiger partial charge >= 0.3 is 5.97 Å². The maximum atomic E-state index is 11.8. The zero-order chi connectivity index (χ0) is 12.0. The van der Waals surface area contributed by atoms with E-state index in [1.807, 2.05) is 19.1 Å². The van der Waals surface area contributed by atoms with Crippen LogP contribution in [0.1, 0.15) is 6.92 Å². The molecule has 0 aromatic rings. The summed E-state index contributed by atoms with van der Waals surface area (Å²) in [4.78, 5) is 11.8. The van der Waals surface area contributed by atoms with E-state index in [1.54, 1.807) is 0 Å². The molecule has 2 aliphatic rings. The molecule has 2 bridgehead atoms. The van der Waals surface area contributed by atoms with Crippen molar-refractivity contribution >= 4 is 5.97 Å². The average Bonchev–Trinajstić information content (AvgIpc) is 2.79. The number of ether oxygens (including phenoxy) is 4. The third-order valence-electron chi connectivity index (χ3n) is 3.43. The van der Waals surface area contributed by atoms with Gasteiger partial charge in [0.15, 0.2) is 0 Å². The molecule has 1 saturated heterocycles. The molecule has 0 radical (unpaired) electrons. The van der Waals surface area contributed by atoms with Crippen LogP contribution in [0.25, 0.3) is 0 Å². The highest BCUT2D eigenvalue weighted by atomic mass is 16.7. The topological polar surface area (TPSA) is 54.0 Å². The highest BCUT2D eigenvalue weighted by molar-refractivity contribution is 5.77. The van der Waals surface area contributed by atoms with Crippen molar-refractivity contribution in [2.24, 2.45) is 5.92 Å². The molecule has 3 atom stereocenters. The van der Waals surface area contributed by atoms with Crippen molar-refractivity contribution in [2.75, 3.05) is 21.3 Å². The second-order valence-electron chi connectivity index (χ2n) is 4.17. The zero-order valence-electron chi connectivity index (χ0n) is 9.85. The molecule has 2 rings (SSSR count). The van der Waals surface area contributed by atoms with Gasteiger partial charge in [0.25, 0.3) is 0 Å². The van der Waals surface area contributed by atoms with Gasteiger partial charge in [-0.1, -0.05) is 12.2 Å². The van der Waals surface area contributed by atoms with Crippen molar-refractivity contribution in [3.8, 4) is 0 Å². The minimum absolute atomic E-state index is 0.378. The van der Waals surface area contributed by atoms with Crippen LogP contribution in [0, 0.1) is 5.92 Å². The van der Waals surface area contributed by atoms with Crippen LogP contribution >= 0.6 is 0 Å². The van der Waals surface area contributed by atoms with E-state index in [2.05, 4.69) is 0 Å². The second-order valence-corrected chi connectivity index (χ2v) is 4.17. The molecule has 0 amide bonds. The molecule has 5 nitrogen and oxygen atoms in total. The Hall–Kier alpha value is -0.910. The third-order valence-corrected chi connectivity index (χ3v) is 3.43. The molecule has 16 heavy (non-hydrogen) atoms. The summed E-state index contributed by atoms with van der Waals surface area (Å²) in [7, 11) is 4.35. The smallest absolute Gasteiger partial charge is 0.317 e. The Morgan fingerprint density at radius 3 is 2.44 bits per heavy atom. The molecule has 0 saturated carbocycles. The van der Waals surface area contributed by atoms with Crippen molar-refractivity contribution in [3.05, 3.63) is 12.2 Å². The number of carbonyl (C=O) groups excluding carboxylic acids is 1. The molecule has 0 aromatic carbocycles. The lowest BCUT2D eigenvalue weighted by atomic mass is 9.79. The summed E-state index contributed by atoms with van der Waals surface area (Å²) in [5.41, 5.74) is -0.718. The maximum absolute atomic E-state index is 11.8. The van der Waals surface area contributed by atoms with E-state index in [1.165, 1.54) is 21.3 Å². The largest absolute Gasteiger partial charge is 0.469 e. The minimum Gasteiger partial charge on any atom is -0.469 e. The monoisotopic (exact) mass is 228 g/mol. The number of rotatable bonds is 3. The number of carbonyl (C=O) groups is 1. The second kappa shape index (κ2) is 3.55. The van der Waals surface area contributed by atoms with E-state index in [0.717, 1.165) is 0 Å². The first-order valence-electron chi connectivity index (χ1n) is 5.09. The molecule has 0 spiro atoms. The lowest BCUT2D eigenvalue weighted by Gasteiger charge is -2.37. The summed E-state index contributed by atoms with van der Waals surface area (Å²) in [6.45, 7) is 1.82. The molecule has 0 aliphatic carbocycles. The van der Waals surface area contributed by atoms with Crippen molar-refractivity contribution in [2.45, 2.75) is 24.4 Å². The Balaban J connectivity index is 2.45. The lowest BCUT2D eigenvalue weighted by molar-refractivity contribution is -0.244. The molecule has 5 heteroatoms. The Labute approximate surface area is 94.3 Å². The maximum Gasteiger partial charge on any atom is 0.317 e. The van der Waals surface area contributed by atoms with Crippen LogP contribution < -0.4 is 0 Å². The first kappa shape index (κ1) is 11.6. The van der Waals surface area contributed by atoms with Gasteiger partial charge in [-0.3, -0.25) is 4.79 Å². The number of fused-ring (bicyclic) bond motifs is 2. The SMILES string of the molecule is COC(=O)[C@H]1C(OC)(OC)[C@H]2C=C[C@]1(C)O2. The van der Waals surface area contributed by atoms with Crippen LogP contribution in [-0.4, -0.2) is 44.8 Å². The number of hydrogen-bond acceptors (Lipinski definition) is 5. The zero-order valence-corrected chi connectivity index (χ0v) is 9.85. The van der Waals surface area contributed by atoms with Crippen molar-refractivity contribution in [1.29, 1.82) is 0 Å². The Morgan fingerprint density at radius 2 is 1.94 bits per heavy atom. The van der Waals surface area contributed by atoms with Gasteiger partial charge < -0.3 is 18.9 Å². The van der Waals surface area contributed by atoms with Crippen LogP contribution in [0.2, 0.25) is 0 Å². The van der Waals surface area contributed by atoms with Gasteiger partial charge in [0, 0.05) is 14.2 Å². The quantitative estimate of drug-likeness (QED) is 0.400. The molecule has 90 valence electrons. The van der Waals surface area contributed by atoms with Crippen molar-refractivity contribution in [1.82, 2.24) is 0 Å². The summed E-state index contributed by atoms with van der Waals surface area (Å²) in [5.74, 6) is -2.09. The minimum atomic E-state index is -1.09. The summed E-state index contributed by atoms with van der Waals surface area (Å²) in [6.07, 6.45) is 3.33. The predicted molar refractivity (Wildman–Crippen MR) is 54.7 cm³/mol. The first-order chi connectivity index (χ1) is 7.54. The van der Waals surface area contributed by atoms with Crippen LogP contribution in [-0.2, 0) is 23.7 Å². The van der Waals surface area contributed by atoms with Gasteiger partial charge in [0.1, 0.15) is 17.6 Å². The molecule has 0 unspecified atom stereocenters. The Bertz CT molecular complexity index is 333. The predicted octanol–water partition coefficient (Wildman–Crippen LogP) is 0.492. The fraction of sp³-hybridized carbons (Fsp3) is 0.727. The fourth-order valence-corrected chi connectivity index (χ4v) is 2.64. The first-order valence-corrected chi connectivity index (χ1v) is 5.09. The lowest BCUT2D eigenvalue weighted by Crippen LogP contribution is -2.54. The molecule has 2 aliphatic heterocycles. The Kier molecular flexibility index (Phi) is 2.57. The van der Waals surface area contributed by atoms with Crippen molar-refractivity contribution < 1.29 is 23.7 Å². The summed E-state index contributed by atoms with van der Waals surface area (Å²) in [5, 5.41) is 0. The number of hydrogen-bond donors (Lipinski definition) is 0. The summed E-state index contributed by atoms with van der Waals surface area (Å²) >= 11 is 0. The fourth-order valence-electron chi connectivity index (χ4n) is 2.64. The van der Waals surface area contributed by atoms with E-state index >= 15 is 0 Å². The molecular weight excluding hydrogens is 212 g/mol. The van der Waals surface area contributed by atoms with Gasteiger partial charge in [-0.15, -0.1) is 0 Å². The van der Waals surface area contributed by atoms with E-state index in [9.17, 15) is 4.79 Å². The van der Waals surface area contributed by atoms with Crippen LogP contribution in [0.4, 0.5) is 0 Å². The number of esters is 1. The Morgan fingerprint density at radius 1 is 1.31 bits per heavy atom. The van der Waals surface area contributed by atoms with E-state index in [4.69, 9.17) is 18.9 Å². The highest BCUT2D eigenvalue weighted by Gasteiger charge is 2.68. The van der Waals surface area contributed by atoms with Crippen LogP contribution in [0.3, 0.4) is 0 Å². The number of methoxy groups -OCH3 is 3. The van der Waals surface area contributed by atoms with Gasteiger partial charge in [0.05, 0.1) is 7.11 Å². The molecule has 2 heterocycles.